The number of rotatable bonds is 6. The second-order valence-electron chi connectivity index (χ2n) is 9.73. The van der Waals surface area contributed by atoms with Crippen LogP contribution in [0.3, 0.4) is 0 Å². The molecule has 0 bridgehead atoms. The predicted octanol–water partition coefficient (Wildman–Crippen LogP) is 3.59. The van der Waals surface area contributed by atoms with Crippen molar-refractivity contribution in [2.24, 2.45) is 5.92 Å². The molecule has 2 aliphatic rings. The summed E-state index contributed by atoms with van der Waals surface area (Å²) < 4.78 is 7.85. The van der Waals surface area contributed by atoms with Crippen LogP contribution in [0.4, 0.5) is 0 Å². The second-order valence-corrected chi connectivity index (χ2v) is 9.73. The van der Waals surface area contributed by atoms with Crippen LogP contribution in [0.5, 0.6) is 0 Å². The van der Waals surface area contributed by atoms with Gasteiger partial charge in [-0.05, 0) is 42.9 Å². The van der Waals surface area contributed by atoms with E-state index in [9.17, 15) is 9.59 Å². The maximum Gasteiger partial charge on any atom is 0.276 e. The zero-order valence-electron chi connectivity index (χ0n) is 20.9. The van der Waals surface area contributed by atoms with E-state index in [4.69, 9.17) is 4.74 Å². The number of hydrogen-bond donors (Lipinski definition) is 1. The number of nitrogens with zero attached hydrogens (tertiary/aromatic N) is 4. The Kier molecular flexibility index (Phi) is 7.13. The monoisotopic (exact) mass is 487 g/mol. The quantitative estimate of drug-likeness (QED) is 0.574. The summed E-state index contributed by atoms with van der Waals surface area (Å²) >= 11 is 0. The number of hydrogen-bond acceptors (Lipinski definition) is 5. The summed E-state index contributed by atoms with van der Waals surface area (Å²) in [5.41, 5.74) is 5.75. The fourth-order valence-corrected chi connectivity index (χ4v) is 4.88. The van der Waals surface area contributed by atoms with E-state index in [1.807, 2.05) is 0 Å². The lowest BCUT2D eigenvalue weighted by Crippen LogP contribution is -2.43. The SMILES string of the molecule is CCc1ccc(CNC(=O)C2CCN(C(=O)c3nnn4c3CO[C@@H](c3ccc(C)cc3)C4)CC2)cc1. The molecule has 0 radical (unpaired) electrons. The molecule has 36 heavy (non-hydrogen) atoms. The van der Waals surface area contributed by atoms with Gasteiger partial charge in [0.25, 0.3) is 5.91 Å². The summed E-state index contributed by atoms with van der Waals surface area (Å²) in [6.45, 7) is 6.59. The van der Waals surface area contributed by atoms with Crippen LogP contribution >= 0.6 is 0 Å². The maximum atomic E-state index is 13.2. The largest absolute Gasteiger partial charge is 0.365 e. The number of amides is 2. The molecule has 1 N–H and O–H groups in total. The van der Waals surface area contributed by atoms with E-state index in [2.05, 4.69) is 78.0 Å². The third kappa shape index (κ3) is 5.18. The summed E-state index contributed by atoms with van der Waals surface area (Å²) in [5, 5.41) is 11.5. The maximum absolute atomic E-state index is 13.2. The average Bonchev–Trinajstić information content (AvgIpc) is 3.35. The number of carbonyl (C=O) groups excluding carboxylic acids is 2. The third-order valence-corrected chi connectivity index (χ3v) is 7.30. The van der Waals surface area contributed by atoms with Crippen molar-refractivity contribution in [2.75, 3.05) is 13.1 Å². The molecule has 1 atom stereocenters. The van der Waals surface area contributed by atoms with E-state index in [1.54, 1.807) is 9.58 Å². The predicted molar refractivity (Wildman–Crippen MR) is 135 cm³/mol. The normalized spacial score (nSPS) is 18.1. The van der Waals surface area contributed by atoms with E-state index in [-0.39, 0.29) is 23.8 Å². The molecule has 2 aromatic carbocycles. The molecule has 0 spiro atoms. The molecule has 188 valence electrons. The lowest BCUT2D eigenvalue weighted by atomic mass is 9.95. The van der Waals surface area contributed by atoms with Gasteiger partial charge >= 0.3 is 0 Å². The van der Waals surface area contributed by atoms with Crippen LogP contribution in [0.25, 0.3) is 0 Å². The minimum absolute atomic E-state index is 0.0539. The standard InChI is InChI=1S/C28H33N5O3/c1-3-20-6-8-21(9-7-20)16-29-27(34)23-12-14-32(15-13-23)28(35)26-24-18-36-25(17-33(24)31-30-26)22-10-4-19(2)5-11-22/h4-11,23,25H,3,12-18H2,1-2H3,(H,29,34)/t25-/m1/s1. The van der Waals surface area contributed by atoms with Gasteiger partial charge in [-0.25, -0.2) is 4.68 Å². The molecule has 0 saturated carbocycles. The van der Waals surface area contributed by atoms with Crippen LogP contribution in [-0.4, -0.2) is 44.8 Å². The highest BCUT2D eigenvalue weighted by Gasteiger charge is 2.33. The van der Waals surface area contributed by atoms with Crippen molar-refractivity contribution < 1.29 is 14.3 Å². The Bertz CT molecular complexity index is 1210. The Balaban J connectivity index is 1.14. The molecule has 3 heterocycles. The van der Waals surface area contributed by atoms with Gasteiger partial charge in [-0.1, -0.05) is 66.2 Å². The molecule has 2 amide bonds. The van der Waals surface area contributed by atoms with Crippen LogP contribution in [0, 0.1) is 12.8 Å². The zero-order chi connectivity index (χ0) is 25.1. The van der Waals surface area contributed by atoms with E-state index in [1.165, 1.54) is 11.1 Å². The summed E-state index contributed by atoms with van der Waals surface area (Å²) in [6, 6.07) is 16.6. The van der Waals surface area contributed by atoms with Crippen molar-refractivity contribution in [3.8, 4) is 0 Å². The number of aryl methyl sites for hydroxylation is 2. The molecule has 1 fully saturated rings. The number of aromatic nitrogens is 3. The molecule has 8 nitrogen and oxygen atoms in total. The minimum Gasteiger partial charge on any atom is -0.365 e. The van der Waals surface area contributed by atoms with Crippen LogP contribution in [0.2, 0.25) is 0 Å². The fourth-order valence-electron chi connectivity index (χ4n) is 4.88. The molecule has 1 aromatic heterocycles. The minimum atomic E-state index is -0.136. The molecule has 2 aliphatic heterocycles. The van der Waals surface area contributed by atoms with Gasteiger partial charge < -0.3 is 15.0 Å². The van der Waals surface area contributed by atoms with Crippen LogP contribution in [0.1, 0.15) is 64.3 Å². The summed E-state index contributed by atoms with van der Waals surface area (Å²) in [5.74, 6) is -0.168. The first-order valence-electron chi connectivity index (χ1n) is 12.8. The van der Waals surface area contributed by atoms with Crippen LogP contribution in [-0.2, 0) is 35.6 Å². The first kappa shape index (κ1) is 24.2. The number of nitrogens with one attached hydrogen (secondary N) is 1. The van der Waals surface area contributed by atoms with E-state index in [0.717, 1.165) is 23.2 Å². The molecule has 3 aromatic rings. The van der Waals surface area contributed by atoms with E-state index in [0.29, 0.717) is 51.3 Å². The van der Waals surface area contributed by atoms with Gasteiger partial charge in [-0.2, -0.15) is 0 Å². The van der Waals surface area contributed by atoms with Gasteiger partial charge in [0.1, 0.15) is 6.10 Å². The first-order chi connectivity index (χ1) is 17.5. The molecular weight excluding hydrogens is 454 g/mol. The van der Waals surface area contributed by atoms with Crippen molar-refractivity contribution in [1.29, 1.82) is 0 Å². The van der Waals surface area contributed by atoms with Crippen molar-refractivity contribution in [3.05, 3.63) is 82.2 Å². The number of carbonyl (C=O) groups is 2. The highest BCUT2D eigenvalue weighted by Crippen LogP contribution is 2.28. The van der Waals surface area contributed by atoms with Gasteiger partial charge in [0.05, 0.1) is 18.8 Å². The van der Waals surface area contributed by atoms with Gasteiger partial charge in [-0.15, -0.1) is 5.10 Å². The first-order valence-corrected chi connectivity index (χ1v) is 12.8. The zero-order valence-corrected chi connectivity index (χ0v) is 20.9. The highest BCUT2D eigenvalue weighted by atomic mass is 16.5. The smallest absolute Gasteiger partial charge is 0.276 e. The number of fused-ring (bicyclic) bond motifs is 1. The third-order valence-electron chi connectivity index (χ3n) is 7.30. The topological polar surface area (TPSA) is 89.4 Å². The fraction of sp³-hybridized carbons (Fsp3) is 0.429. The summed E-state index contributed by atoms with van der Waals surface area (Å²) in [7, 11) is 0. The second kappa shape index (κ2) is 10.6. The van der Waals surface area contributed by atoms with Gasteiger partial charge in [0.15, 0.2) is 5.69 Å². The molecule has 8 heteroatoms. The molecule has 1 saturated heterocycles. The number of benzene rings is 2. The van der Waals surface area contributed by atoms with Crippen molar-refractivity contribution in [3.63, 3.8) is 0 Å². The van der Waals surface area contributed by atoms with Crippen molar-refractivity contribution in [1.82, 2.24) is 25.2 Å². The Hall–Kier alpha value is -3.52. The van der Waals surface area contributed by atoms with Gasteiger partial charge in [0, 0.05) is 25.6 Å². The Morgan fingerprint density at radius 2 is 1.72 bits per heavy atom. The highest BCUT2D eigenvalue weighted by molar-refractivity contribution is 5.93. The Morgan fingerprint density at radius 3 is 2.42 bits per heavy atom. The lowest BCUT2D eigenvalue weighted by molar-refractivity contribution is -0.126. The van der Waals surface area contributed by atoms with Gasteiger partial charge in [0.2, 0.25) is 5.91 Å². The van der Waals surface area contributed by atoms with Crippen LogP contribution in [0.15, 0.2) is 48.5 Å². The Morgan fingerprint density at radius 1 is 1.03 bits per heavy atom. The summed E-state index contributed by atoms with van der Waals surface area (Å²) in [4.78, 5) is 27.7. The Labute approximate surface area is 211 Å². The number of piperidine rings is 1. The van der Waals surface area contributed by atoms with Gasteiger partial charge in [-0.3, -0.25) is 9.59 Å². The van der Waals surface area contributed by atoms with E-state index < -0.39 is 0 Å². The van der Waals surface area contributed by atoms with Crippen LogP contribution < -0.4 is 5.32 Å². The number of likely N-dealkylation sites (tertiary alicyclic amines) is 1. The average molecular weight is 488 g/mol. The molecule has 0 unspecified atom stereocenters. The van der Waals surface area contributed by atoms with Crippen molar-refractivity contribution in [2.45, 2.75) is 58.9 Å². The summed E-state index contributed by atoms with van der Waals surface area (Å²) in [6.07, 6.45) is 2.17. The van der Waals surface area contributed by atoms with Crippen molar-refractivity contribution >= 4 is 11.8 Å². The number of ether oxygens (including phenoxy) is 1. The van der Waals surface area contributed by atoms with E-state index >= 15 is 0 Å². The molecular formula is C28H33N5O3. The molecule has 5 rings (SSSR count). The molecule has 0 aliphatic carbocycles. The lowest BCUT2D eigenvalue weighted by Gasteiger charge is -2.31.